The van der Waals surface area contributed by atoms with Gasteiger partial charge in [0, 0.05) is 19.6 Å². The molecule has 16 heavy (non-hydrogen) atoms. The summed E-state index contributed by atoms with van der Waals surface area (Å²) < 4.78 is 0. The molecule has 0 saturated carbocycles. The first kappa shape index (κ1) is 13.2. The standard InChI is InChI=1S/C12H18N2.C2H6/c1-11-3-5-12(6-4-11)9-14-8-7-13(2)10-14;1-2/h3-6H,7-10H2,1-2H3;1-2H3. The molecule has 2 heteroatoms. The van der Waals surface area contributed by atoms with Crippen LogP contribution in [-0.2, 0) is 6.54 Å². The average Bonchev–Trinajstić information content (AvgIpc) is 2.70. The van der Waals surface area contributed by atoms with E-state index in [0.29, 0.717) is 0 Å². The van der Waals surface area contributed by atoms with E-state index in [1.54, 1.807) is 0 Å². The Hall–Kier alpha value is -0.860. The molecule has 0 N–H and O–H groups in total. The fourth-order valence-corrected chi connectivity index (χ4v) is 1.88. The Balaban J connectivity index is 0.000000606. The molecule has 1 aromatic carbocycles. The van der Waals surface area contributed by atoms with E-state index in [1.165, 1.54) is 24.2 Å². The van der Waals surface area contributed by atoms with Crippen molar-refractivity contribution in [3.63, 3.8) is 0 Å². The largest absolute Gasteiger partial charge is 0.292 e. The molecule has 0 atom stereocenters. The van der Waals surface area contributed by atoms with Crippen LogP contribution in [0.3, 0.4) is 0 Å². The first-order valence-corrected chi connectivity index (χ1v) is 6.20. The minimum Gasteiger partial charge on any atom is -0.292 e. The molecule has 0 aromatic heterocycles. The molecule has 0 amide bonds. The van der Waals surface area contributed by atoms with E-state index >= 15 is 0 Å². The smallest absolute Gasteiger partial charge is 0.0507 e. The Kier molecular flexibility index (Phi) is 5.50. The Morgan fingerprint density at radius 3 is 2.19 bits per heavy atom. The maximum atomic E-state index is 2.48. The molecule has 2 rings (SSSR count). The lowest BCUT2D eigenvalue weighted by Gasteiger charge is -2.15. The van der Waals surface area contributed by atoms with Crippen molar-refractivity contribution in [3.05, 3.63) is 35.4 Å². The van der Waals surface area contributed by atoms with E-state index in [0.717, 1.165) is 13.2 Å². The molecule has 90 valence electrons. The lowest BCUT2D eigenvalue weighted by Crippen LogP contribution is -2.22. The van der Waals surface area contributed by atoms with Crippen LogP contribution in [0.4, 0.5) is 0 Å². The summed E-state index contributed by atoms with van der Waals surface area (Å²) in [4.78, 5) is 4.83. The summed E-state index contributed by atoms with van der Waals surface area (Å²) in [6, 6.07) is 8.84. The zero-order valence-electron chi connectivity index (χ0n) is 11.0. The van der Waals surface area contributed by atoms with Crippen LogP contribution in [0.5, 0.6) is 0 Å². The summed E-state index contributed by atoms with van der Waals surface area (Å²) in [5, 5.41) is 0. The van der Waals surface area contributed by atoms with Gasteiger partial charge in [0.15, 0.2) is 0 Å². The van der Waals surface area contributed by atoms with Crippen LogP contribution in [0.25, 0.3) is 0 Å². The third-order valence-corrected chi connectivity index (χ3v) is 2.77. The lowest BCUT2D eigenvalue weighted by molar-refractivity contribution is 0.268. The van der Waals surface area contributed by atoms with Crippen molar-refractivity contribution in [2.24, 2.45) is 0 Å². The Labute approximate surface area is 99.9 Å². The SMILES string of the molecule is CC.Cc1ccc(CN2CCN(C)C2)cc1. The quantitative estimate of drug-likeness (QED) is 0.756. The van der Waals surface area contributed by atoms with E-state index in [2.05, 4.69) is 48.0 Å². The Bertz CT molecular complexity index is 292. The number of likely N-dealkylation sites (N-methyl/N-ethyl adjacent to an activating group) is 1. The minimum atomic E-state index is 1.09. The molecule has 0 aliphatic carbocycles. The zero-order chi connectivity index (χ0) is 12.0. The van der Waals surface area contributed by atoms with Crippen LogP contribution in [0.15, 0.2) is 24.3 Å². The summed E-state index contributed by atoms with van der Waals surface area (Å²) in [5.41, 5.74) is 2.76. The molecule has 2 nitrogen and oxygen atoms in total. The molecule has 1 aromatic rings. The highest BCUT2D eigenvalue weighted by Crippen LogP contribution is 2.10. The molecular formula is C14H24N2. The second-order valence-electron chi connectivity index (χ2n) is 4.26. The first-order chi connectivity index (χ1) is 7.74. The van der Waals surface area contributed by atoms with Crippen LogP contribution in [0.2, 0.25) is 0 Å². The highest BCUT2D eigenvalue weighted by atomic mass is 15.4. The van der Waals surface area contributed by atoms with Crippen molar-refractivity contribution in [1.29, 1.82) is 0 Å². The van der Waals surface area contributed by atoms with Crippen molar-refractivity contribution in [2.45, 2.75) is 27.3 Å². The van der Waals surface area contributed by atoms with Gasteiger partial charge in [-0.15, -0.1) is 0 Å². The van der Waals surface area contributed by atoms with Crippen LogP contribution in [-0.4, -0.2) is 36.6 Å². The van der Waals surface area contributed by atoms with E-state index in [9.17, 15) is 0 Å². The topological polar surface area (TPSA) is 6.48 Å². The number of benzene rings is 1. The van der Waals surface area contributed by atoms with Crippen LogP contribution < -0.4 is 0 Å². The summed E-state index contributed by atoms with van der Waals surface area (Å²) >= 11 is 0. The second kappa shape index (κ2) is 6.66. The van der Waals surface area contributed by atoms with E-state index in [-0.39, 0.29) is 0 Å². The maximum Gasteiger partial charge on any atom is 0.0507 e. The third kappa shape index (κ3) is 3.95. The average molecular weight is 220 g/mol. The number of nitrogens with zero attached hydrogens (tertiary/aromatic N) is 2. The minimum absolute atomic E-state index is 1.09. The van der Waals surface area contributed by atoms with Crippen LogP contribution in [0, 0.1) is 6.92 Å². The Morgan fingerprint density at radius 2 is 1.69 bits per heavy atom. The summed E-state index contributed by atoms with van der Waals surface area (Å²) in [6.45, 7) is 10.7. The number of rotatable bonds is 2. The van der Waals surface area contributed by atoms with Crippen LogP contribution in [0.1, 0.15) is 25.0 Å². The first-order valence-electron chi connectivity index (χ1n) is 6.20. The van der Waals surface area contributed by atoms with Crippen molar-refractivity contribution in [3.8, 4) is 0 Å². The van der Waals surface area contributed by atoms with Gasteiger partial charge >= 0.3 is 0 Å². The third-order valence-electron chi connectivity index (χ3n) is 2.77. The fourth-order valence-electron chi connectivity index (χ4n) is 1.88. The molecular weight excluding hydrogens is 196 g/mol. The van der Waals surface area contributed by atoms with E-state index < -0.39 is 0 Å². The molecule has 1 heterocycles. The molecule has 0 spiro atoms. The van der Waals surface area contributed by atoms with Gasteiger partial charge in [-0.2, -0.15) is 0 Å². The Morgan fingerprint density at radius 1 is 1.06 bits per heavy atom. The molecule has 1 aliphatic rings. The van der Waals surface area contributed by atoms with Gasteiger partial charge in [0.25, 0.3) is 0 Å². The van der Waals surface area contributed by atoms with Gasteiger partial charge in [0.05, 0.1) is 6.67 Å². The predicted molar refractivity (Wildman–Crippen MR) is 70.4 cm³/mol. The van der Waals surface area contributed by atoms with E-state index in [1.807, 2.05) is 13.8 Å². The molecule has 1 aliphatic heterocycles. The number of hydrogen-bond acceptors (Lipinski definition) is 2. The van der Waals surface area contributed by atoms with Crippen LogP contribution >= 0.6 is 0 Å². The normalized spacial score (nSPS) is 17.0. The lowest BCUT2D eigenvalue weighted by atomic mass is 10.1. The van der Waals surface area contributed by atoms with Gasteiger partial charge in [-0.25, -0.2) is 0 Å². The summed E-state index contributed by atoms with van der Waals surface area (Å²) in [5.74, 6) is 0. The van der Waals surface area contributed by atoms with Crippen molar-refractivity contribution >= 4 is 0 Å². The van der Waals surface area contributed by atoms with Gasteiger partial charge in [-0.05, 0) is 19.5 Å². The molecule has 0 bridgehead atoms. The van der Waals surface area contributed by atoms with Gasteiger partial charge in [-0.1, -0.05) is 43.7 Å². The van der Waals surface area contributed by atoms with Gasteiger partial charge in [-0.3, -0.25) is 9.80 Å². The molecule has 1 fully saturated rings. The molecule has 0 unspecified atom stereocenters. The van der Waals surface area contributed by atoms with E-state index in [4.69, 9.17) is 0 Å². The van der Waals surface area contributed by atoms with Gasteiger partial charge < -0.3 is 0 Å². The van der Waals surface area contributed by atoms with Gasteiger partial charge in [0.2, 0.25) is 0 Å². The summed E-state index contributed by atoms with van der Waals surface area (Å²) in [7, 11) is 2.18. The second-order valence-corrected chi connectivity index (χ2v) is 4.26. The number of aryl methyl sites for hydroxylation is 1. The molecule has 0 radical (unpaired) electrons. The van der Waals surface area contributed by atoms with Crippen molar-refractivity contribution in [2.75, 3.05) is 26.8 Å². The highest BCUT2D eigenvalue weighted by Gasteiger charge is 2.15. The highest BCUT2D eigenvalue weighted by molar-refractivity contribution is 5.21. The van der Waals surface area contributed by atoms with Crippen molar-refractivity contribution < 1.29 is 0 Å². The zero-order valence-corrected chi connectivity index (χ0v) is 11.0. The number of hydrogen-bond donors (Lipinski definition) is 0. The predicted octanol–water partition coefficient (Wildman–Crippen LogP) is 2.73. The monoisotopic (exact) mass is 220 g/mol. The van der Waals surface area contributed by atoms with Gasteiger partial charge in [0.1, 0.15) is 0 Å². The molecule has 1 saturated heterocycles. The fraction of sp³-hybridized carbons (Fsp3) is 0.571. The van der Waals surface area contributed by atoms with Crippen molar-refractivity contribution in [1.82, 2.24) is 9.80 Å². The maximum absolute atomic E-state index is 2.48. The summed E-state index contributed by atoms with van der Waals surface area (Å²) in [6.07, 6.45) is 0.